The third-order valence-electron chi connectivity index (χ3n) is 9.23. The summed E-state index contributed by atoms with van der Waals surface area (Å²) in [7, 11) is 0. The lowest BCUT2D eigenvalue weighted by molar-refractivity contribution is -0.132. The number of allylic oxidation sites excluding steroid dienone is 2. The van der Waals surface area contributed by atoms with Gasteiger partial charge in [0.05, 0.1) is 6.26 Å². The van der Waals surface area contributed by atoms with Crippen molar-refractivity contribution in [2.45, 2.75) is 239 Å². The van der Waals surface area contributed by atoms with Crippen LogP contribution < -0.4 is 0 Å². The van der Waals surface area contributed by atoms with Gasteiger partial charge in [-0.1, -0.05) is 219 Å². The van der Waals surface area contributed by atoms with E-state index in [0.717, 1.165) is 12.8 Å². The molecule has 44 heavy (non-hydrogen) atoms. The van der Waals surface area contributed by atoms with Crippen LogP contribution in [-0.4, -0.2) is 5.97 Å². The Kier molecular flexibility index (Phi) is 39.0. The van der Waals surface area contributed by atoms with E-state index in [2.05, 4.69) is 13.8 Å². The summed E-state index contributed by atoms with van der Waals surface area (Å²) in [5.74, 6) is -0.236. The van der Waals surface area contributed by atoms with E-state index < -0.39 is 0 Å². The molecule has 0 aliphatic rings. The standard InChI is InChI=1S/C42H80O2/c1-3-5-7-9-11-13-15-17-19-21-23-24-26-28-30-32-34-36-38-40-42(43)44-41-39-37-35-33-31-29-27-25-22-20-18-16-14-12-10-8-6-4-2/h38-41H,3-37H2,1-2H3. The van der Waals surface area contributed by atoms with E-state index in [9.17, 15) is 4.79 Å². The molecule has 0 N–H and O–H groups in total. The molecule has 0 unspecified atom stereocenters. The minimum absolute atomic E-state index is 0.236. The molecule has 0 heterocycles. The van der Waals surface area contributed by atoms with Gasteiger partial charge >= 0.3 is 5.97 Å². The number of unbranched alkanes of at least 4 members (excludes halogenated alkanes) is 33. The second kappa shape index (κ2) is 40.0. The lowest BCUT2D eigenvalue weighted by atomic mass is 10.0. The van der Waals surface area contributed by atoms with Gasteiger partial charge in [-0.05, 0) is 31.8 Å². The van der Waals surface area contributed by atoms with Gasteiger partial charge in [-0.25, -0.2) is 4.79 Å². The molecule has 0 saturated carbocycles. The van der Waals surface area contributed by atoms with Crippen molar-refractivity contribution >= 4 is 5.97 Å². The smallest absolute Gasteiger partial charge is 0.335 e. The monoisotopic (exact) mass is 617 g/mol. The zero-order chi connectivity index (χ0) is 31.9. The Balaban J connectivity index is 3.26. The lowest BCUT2D eigenvalue weighted by Crippen LogP contribution is -1.93. The van der Waals surface area contributed by atoms with Gasteiger partial charge in [0.2, 0.25) is 0 Å². The molecule has 2 nitrogen and oxygen atoms in total. The van der Waals surface area contributed by atoms with E-state index in [1.807, 2.05) is 12.2 Å². The predicted molar refractivity (Wildman–Crippen MR) is 197 cm³/mol. The second-order valence-electron chi connectivity index (χ2n) is 13.7. The van der Waals surface area contributed by atoms with Gasteiger partial charge in [0.1, 0.15) is 0 Å². The highest BCUT2D eigenvalue weighted by Gasteiger charge is 1.97. The zero-order valence-corrected chi connectivity index (χ0v) is 30.4. The van der Waals surface area contributed by atoms with Crippen molar-refractivity contribution in [3.63, 3.8) is 0 Å². The maximum atomic E-state index is 11.8. The molecule has 0 bridgehead atoms. The average Bonchev–Trinajstić information content (AvgIpc) is 3.03. The van der Waals surface area contributed by atoms with Crippen LogP contribution in [0, 0.1) is 0 Å². The molecular formula is C42H80O2. The van der Waals surface area contributed by atoms with Gasteiger partial charge in [-0.3, -0.25) is 0 Å². The van der Waals surface area contributed by atoms with E-state index in [-0.39, 0.29) is 5.97 Å². The molecule has 0 spiro atoms. The topological polar surface area (TPSA) is 26.3 Å². The fraction of sp³-hybridized carbons (Fsp3) is 0.881. The highest BCUT2D eigenvalue weighted by molar-refractivity contribution is 5.82. The number of rotatable bonds is 37. The van der Waals surface area contributed by atoms with Crippen LogP contribution in [0.25, 0.3) is 0 Å². The molecule has 0 amide bonds. The lowest BCUT2D eigenvalue weighted by Gasteiger charge is -2.03. The first-order chi connectivity index (χ1) is 21.8. The fourth-order valence-corrected chi connectivity index (χ4v) is 6.20. The van der Waals surface area contributed by atoms with E-state index in [1.165, 1.54) is 212 Å². The van der Waals surface area contributed by atoms with Gasteiger partial charge in [-0.15, -0.1) is 0 Å². The predicted octanol–water partition coefficient (Wildman–Crippen LogP) is 15.3. The van der Waals surface area contributed by atoms with Crippen LogP contribution >= 0.6 is 0 Å². The van der Waals surface area contributed by atoms with Crippen LogP contribution in [0.15, 0.2) is 24.5 Å². The van der Waals surface area contributed by atoms with E-state index in [0.29, 0.717) is 0 Å². The molecule has 0 aliphatic carbocycles. The SMILES string of the molecule is CCCCCCCCCCCCCCCCCCC=COC(=O)C=CCCCCCCCCCCCCCCCCCCC. The Bertz CT molecular complexity index is 593. The largest absolute Gasteiger partial charge is 0.432 e. The highest BCUT2D eigenvalue weighted by atomic mass is 16.5. The molecule has 0 saturated heterocycles. The maximum absolute atomic E-state index is 11.8. The van der Waals surface area contributed by atoms with E-state index in [1.54, 1.807) is 12.3 Å². The summed E-state index contributed by atoms with van der Waals surface area (Å²) in [5, 5.41) is 0. The van der Waals surface area contributed by atoms with Crippen LogP contribution in [-0.2, 0) is 9.53 Å². The van der Waals surface area contributed by atoms with E-state index >= 15 is 0 Å². The van der Waals surface area contributed by atoms with Gasteiger partial charge in [0, 0.05) is 6.08 Å². The summed E-state index contributed by atoms with van der Waals surface area (Å²) in [5.41, 5.74) is 0. The van der Waals surface area contributed by atoms with Crippen molar-refractivity contribution in [1.29, 1.82) is 0 Å². The first-order valence-electron chi connectivity index (χ1n) is 20.3. The number of hydrogen-bond donors (Lipinski definition) is 0. The normalized spacial score (nSPS) is 11.8. The first-order valence-corrected chi connectivity index (χ1v) is 20.3. The van der Waals surface area contributed by atoms with Gasteiger partial charge < -0.3 is 4.74 Å². The quantitative estimate of drug-likeness (QED) is 0.0300. The molecule has 0 atom stereocenters. The first kappa shape index (κ1) is 43.0. The van der Waals surface area contributed by atoms with Crippen molar-refractivity contribution in [3.05, 3.63) is 24.5 Å². The fourth-order valence-electron chi connectivity index (χ4n) is 6.20. The summed E-state index contributed by atoms with van der Waals surface area (Å²) >= 11 is 0. The maximum Gasteiger partial charge on any atom is 0.335 e. The van der Waals surface area contributed by atoms with Gasteiger partial charge in [-0.2, -0.15) is 0 Å². The number of carbonyl (C=O) groups is 1. The van der Waals surface area contributed by atoms with E-state index in [4.69, 9.17) is 4.74 Å². The highest BCUT2D eigenvalue weighted by Crippen LogP contribution is 2.16. The van der Waals surface area contributed by atoms with Crippen molar-refractivity contribution in [2.24, 2.45) is 0 Å². The van der Waals surface area contributed by atoms with Gasteiger partial charge in [0.25, 0.3) is 0 Å². The Labute approximate surface area is 278 Å². The second-order valence-corrected chi connectivity index (χ2v) is 13.7. The molecule has 0 aliphatic heterocycles. The van der Waals surface area contributed by atoms with Crippen LogP contribution in [0.3, 0.4) is 0 Å². The summed E-state index contributed by atoms with van der Waals surface area (Å²) < 4.78 is 5.20. The molecule has 2 heteroatoms. The Hall–Kier alpha value is -1.05. The summed E-state index contributed by atoms with van der Waals surface area (Å²) in [4.78, 5) is 11.8. The van der Waals surface area contributed by atoms with Crippen molar-refractivity contribution in [2.75, 3.05) is 0 Å². The van der Waals surface area contributed by atoms with Crippen LogP contribution in [0.4, 0.5) is 0 Å². The van der Waals surface area contributed by atoms with Crippen molar-refractivity contribution in [1.82, 2.24) is 0 Å². The zero-order valence-electron chi connectivity index (χ0n) is 30.4. The molecule has 0 aromatic carbocycles. The number of esters is 1. The third-order valence-corrected chi connectivity index (χ3v) is 9.23. The molecular weight excluding hydrogens is 536 g/mol. The number of carbonyl (C=O) groups excluding carboxylic acids is 1. The van der Waals surface area contributed by atoms with Crippen LogP contribution in [0.2, 0.25) is 0 Å². The Morgan fingerprint density at radius 1 is 0.364 bits per heavy atom. The summed E-state index contributed by atoms with van der Waals surface area (Å²) in [6.45, 7) is 4.58. The molecule has 260 valence electrons. The molecule has 0 aromatic heterocycles. The number of ether oxygens (including phenoxy) is 1. The minimum atomic E-state index is -0.236. The third kappa shape index (κ3) is 39.0. The van der Waals surface area contributed by atoms with Crippen LogP contribution in [0.1, 0.15) is 239 Å². The molecule has 0 aromatic rings. The summed E-state index contributed by atoms with van der Waals surface area (Å²) in [6.07, 6.45) is 55.3. The molecule has 0 radical (unpaired) electrons. The Morgan fingerprint density at radius 2 is 0.614 bits per heavy atom. The minimum Gasteiger partial charge on any atom is -0.432 e. The molecule has 0 fully saturated rings. The van der Waals surface area contributed by atoms with Crippen molar-refractivity contribution < 1.29 is 9.53 Å². The number of hydrogen-bond acceptors (Lipinski definition) is 2. The van der Waals surface area contributed by atoms with Crippen LogP contribution in [0.5, 0.6) is 0 Å². The average molecular weight is 617 g/mol. The van der Waals surface area contributed by atoms with Crippen molar-refractivity contribution in [3.8, 4) is 0 Å². The van der Waals surface area contributed by atoms with Gasteiger partial charge in [0.15, 0.2) is 0 Å². The Morgan fingerprint density at radius 3 is 0.909 bits per heavy atom. The summed E-state index contributed by atoms with van der Waals surface area (Å²) in [6, 6.07) is 0. The molecule has 0 rings (SSSR count).